The smallest absolute Gasteiger partial charge is 0.126 e. The second-order valence-electron chi connectivity index (χ2n) is 6.75. The molecule has 0 fully saturated rings. The summed E-state index contributed by atoms with van der Waals surface area (Å²) in [6.45, 7) is 0. The highest BCUT2D eigenvalue weighted by molar-refractivity contribution is 7.80. The van der Waals surface area contributed by atoms with Crippen LogP contribution in [0.1, 0.15) is 5.56 Å². The number of hydrogen-bond donors (Lipinski definition) is 1. The Bertz CT molecular complexity index is 1270. The molecule has 0 bridgehead atoms. The van der Waals surface area contributed by atoms with Crippen LogP contribution in [0, 0.1) is 0 Å². The molecule has 146 valence electrons. The molecule has 0 aliphatic heterocycles. The predicted octanol–water partition coefficient (Wildman–Crippen LogP) is 5.53. The Hall–Kier alpha value is -3.42. The van der Waals surface area contributed by atoms with Crippen LogP contribution in [0.4, 0.5) is 5.69 Å². The molecule has 3 aromatic heterocycles. The van der Waals surface area contributed by atoms with Crippen molar-refractivity contribution in [3.05, 3.63) is 91.0 Å². The van der Waals surface area contributed by atoms with E-state index >= 15 is 0 Å². The van der Waals surface area contributed by atoms with E-state index < -0.39 is 0 Å². The van der Waals surface area contributed by atoms with Crippen LogP contribution in [-0.2, 0) is 6.42 Å². The fourth-order valence-electron chi connectivity index (χ4n) is 3.24. The SMILES string of the molecule is S=C(Cc1ccc(-n2cccn2)cc1)Nc1ccccc1-c1nc2ccncc2s1. The minimum Gasteiger partial charge on any atom is -0.349 e. The average molecular weight is 428 g/mol. The van der Waals surface area contributed by atoms with E-state index in [0.717, 1.165) is 42.7 Å². The Morgan fingerprint density at radius 3 is 2.67 bits per heavy atom. The first-order chi connectivity index (χ1) is 14.8. The molecular weight excluding hydrogens is 410 g/mol. The number of rotatable bonds is 5. The van der Waals surface area contributed by atoms with Crippen molar-refractivity contribution in [3.8, 4) is 16.3 Å². The van der Waals surface area contributed by atoms with E-state index in [9.17, 15) is 0 Å². The highest BCUT2D eigenvalue weighted by Gasteiger charge is 2.11. The van der Waals surface area contributed by atoms with Crippen LogP contribution in [0.2, 0.25) is 0 Å². The second kappa shape index (κ2) is 8.14. The predicted molar refractivity (Wildman–Crippen MR) is 126 cm³/mol. The lowest BCUT2D eigenvalue weighted by molar-refractivity contribution is 0.880. The lowest BCUT2D eigenvalue weighted by atomic mass is 10.1. The van der Waals surface area contributed by atoms with Gasteiger partial charge in [0.1, 0.15) is 5.01 Å². The molecule has 0 radical (unpaired) electrons. The number of pyridine rings is 1. The highest BCUT2D eigenvalue weighted by atomic mass is 32.1. The van der Waals surface area contributed by atoms with Crippen LogP contribution in [0.15, 0.2) is 85.5 Å². The summed E-state index contributed by atoms with van der Waals surface area (Å²) in [4.78, 5) is 9.71. The molecule has 0 aliphatic carbocycles. The third-order valence-electron chi connectivity index (χ3n) is 4.69. The number of thiazole rings is 1. The highest BCUT2D eigenvalue weighted by Crippen LogP contribution is 2.34. The molecule has 5 aromatic rings. The van der Waals surface area contributed by atoms with Gasteiger partial charge in [-0.25, -0.2) is 9.67 Å². The van der Waals surface area contributed by atoms with Crippen molar-refractivity contribution in [2.45, 2.75) is 6.42 Å². The van der Waals surface area contributed by atoms with Crippen molar-refractivity contribution in [2.75, 3.05) is 5.32 Å². The summed E-state index contributed by atoms with van der Waals surface area (Å²) in [6.07, 6.45) is 7.97. The molecule has 2 aromatic carbocycles. The third kappa shape index (κ3) is 3.85. The van der Waals surface area contributed by atoms with Crippen molar-refractivity contribution in [1.29, 1.82) is 0 Å². The number of anilines is 1. The lowest BCUT2D eigenvalue weighted by Gasteiger charge is -2.12. The largest absolute Gasteiger partial charge is 0.349 e. The summed E-state index contributed by atoms with van der Waals surface area (Å²) in [7, 11) is 0. The molecule has 0 saturated carbocycles. The van der Waals surface area contributed by atoms with Gasteiger partial charge in [-0.2, -0.15) is 5.10 Å². The summed E-state index contributed by atoms with van der Waals surface area (Å²) in [5, 5.41) is 8.62. The summed E-state index contributed by atoms with van der Waals surface area (Å²) < 4.78 is 2.91. The van der Waals surface area contributed by atoms with E-state index in [2.05, 4.69) is 33.6 Å². The van der Waals surface area contributed by atoms with E-state index in [1.807, 2.05) is 59.5 Å². The number of para-hydroxylation sites is 1. The van der Waals surface area contributed by atoms with Gasteiger partial charge in [0.2, 0.25) is 0 Å². The molecular formula is C23H17N5S2. The number of benzene rings is 2. The van der Waals surface area contributed by atoms with Crippen LogP contribution in [0.3, 0.4) is 0 Å². The average Bonchev–Trinajstić information content (AvgIpc) is 3.45. The molecule has 0 saturated heterocycles. The van der Waals surface area contributed by atoms with Gasteiger partial charge in [0.15, 0.2) is 0 Å². The fraction of sp³-hybridized carbons (Fsp3) is 0.0435. The Kier molecular flexibility index (Phi) is 5.04. The quantitative estimate of drug-likeness (QED) is 0.374. The number of nitrogens with zero attached hydrogens (tertiary/aromatic N) is 4. The van der Waals surface area contributed by atoms with Gasteiger partial charge < -0.3 is 5.32 Å². The summed E-state index contributed by atoms with van der Waals surface area (Å²) in [5.74, 6) is 0. The topological polar surface area (TPSA) is 55.6 Å². The van der Waals surface area contributed by atoms with Gasteiger partial charge in [-0.1, -0.05) is 36.5 Å². The molecule has 3 heterocycles. The monoisotopic (exact) mass is 427 g/mol. The van der Waals surface area contributed by atoms with E-state index in [1.54, 1.807) is 23.7 Å². The summed E-state index contributed by atoms with van der Waals surface area (Å²) in [5.41, 5.74) is 5.13. The summed E-state index contributed by atoms with van der Waals surface area (Å²) in [6, 6.07) is 20.2. The Morgan fingerprint density at radius 2 is 1.87 bits per heavy atom. The first kappa shape index (κ1) is 18.6. The van der Waals surface area contributed by atoms with Crippen LogP contribution >= 0.6 is 23.6 Å². The van der Waals surface area contributed by atoms with E-state index in [-0.39, 0.29) is 0 Å². The van der Waals surface area contributed by atoms with Gasteiger partial charge in [0.05, 0.1) is 20.9 Å². The van der Waals surface area contributed by atoms with Crippen molar-refractivity contribution in [3.63, 3.8) is 0 Å². The molecule has 7 heteroatoms. The van der Waals surface area contributed by atoms with E-state index in [4.69, 9.17) is 17.2 Å². The second-order valence-corrected chi connectivity index (χ2v) is 8.27. The zero-order chi connectivity index (χ0) is 20.3. The van der Waals surface area contributed by atoms with Gasteiger partial charge in [-0.15, -0.1) is 11.3 Å². The number of fused-ring (bicyclic) bond motifs is 1. The van der Waals surface area contributed by atoms with Crippen LogP contribution in [0.5, 0.6) is 0 Å². The standard InChI is InChI=1S/C23H17N5S2/c29-22(14-16-6-8-17(9-7-16)28-13-3-11-25-28)26-19-5-2-1-4-18(19)23-27-20-10-12-24-15-21(20)30-23/h1-13,15H,14H2,(H,26,29). The Balaban J connectivity index is 1.34. The molecule has 0 unspecified atom stereocenters. The number of nitrogens with one attached hydrogen (secondary N) is 1. The molecule has 5 rings (SSSR count). The van der Waals surface area contributed by atoms with Gasteiger partial charge in [-0.3, -0.25) is 4.98 Å². The van der Waals surface area contributed by atoms with Gasteiger partial charge in [0.25, 0.3) is 0 Å². The third-order valence-corrected chi connectivity index (χ3v) is 5.98. The first-order valence-electron chi connectivity index (χ1n) is 9.45. The van der Waals surface area contributed by atoms with Crippen molar-refractivity contribution < 1.29 is 0 Å². The molecule has 1 N–H and O–H groups in total. The zero-order valence-electron chi connectivity index (χ0n) is 15.9. The van der Waals surface area contributed by atoms with E-state index in [0.29, 0.717) is 6.42 Å². The molecule has 5 nitrogen and oxygen atoms in total. The molecule has 0 atom stereocenters. The van der Waals surface area contributed by atoms with Crippen LogP contribution in [-0.4, -0.2) is 24.7 Å². The van der Waals surface area contributed by atoms with Gasteiger partial charge in [0, 0.05) is 42.5 Å². The zero-order valence-corrected chi connectivity index (χ0v) is 17.5. The molecule has 0 amide bonds. The first-order valence-corrected chi connectivity index (χ1v) is 10.7. The van der Waals surface area contributed by atoms with E-state index in [1.165, 1.54) is 0 Å². The molecule has 0 spiro atoms. The number of thiocarbonyl (C=S) groups is 1. The normalized spacial score (nSPS) is 10.9. The maximum absolute atomic E-state index is 5.65. The summed E-state index contributed by atoms with van der Waals surface area (Å²) >= 11 is 7.28. The Labute approximate surface area is 183 Å². The minimum atomic E-state index is 0.660. The molecule has 0 aliphatic rings. The minimum absolute atomic E-state index is 0.660. The Morgan fingerprint density at radius 1 is 1.00 bits per heavy atom. The van der Waals surface area contributed by atoms with Crippen LogP contribution in [0.25, 0.3) is 26.5 Å². The number of hydrogen-bond acceptors (Lipinski definition) is 5. The van der Waals surface area contributed by atoms with Crippen molar-refractivity contribution in [1.82, 2.24) is 19.7 Å². The van der Waals surface area contributed by atoms with Crippen molar-refractivity contribution >= 4 is 44.4 Å². The van der Waals surface area contributed by atoms with Crippen molar-refractivity contribution in [2.24, 2.45) is 0 Å². The van der Waals surface area contributed by atoms with Gasteiger partial charge in [-0.05, 0) is 42.0 Å². The van der Waals surface area contributed by atoms with Gasteiger partial charge >= 0.3 is 0 Å². The number of aromatic nitrogens is 4. The maximum Gasteiger partial charge on any atom is 0.126 e. The van der Waals surface area contributed by atoms with Crippen LogP contribution < -0.4 is 5.32 Å². The fourth-order valence-corrected chi connectivity index (χ4v) is 4.49. The molecule has 30 heavy (non-hydrogen) atoms. The maximum atomic E-state index is 5.65. The lowest BCUT2D eigenvalue weighted by Crippen LogP contribution is -2.12.